The summed E-state index contributed by atoms with van der Waals surface area (Å²) in [6, 6.07) is 12.7. The SMILES string of the molecule is COCC(=O)c1cccnc1Nc1ccc2cccc(Cl)c2n1. The van der Waals surface area contributed by atoms with Gasteiger partial charge in [0.2, 0.25) is 0 Å². The van der Waals surface area contributed by atoms with Gasteiger partial charge >= 0.3 is 0 Å². The van der Waals surface area contributed by atoms with Crippen LogP contribution in [0.5, 0.6) is 0 Å². The van der Waals surface area contributed by atoms with Gasteiger partial charge in [-0.2, -0.15) is 0 Å². The molecule has 2 heterocycles. The summed E-state index contributed by atoms with van der Waals surface area (Å²) in [4.78, 5) is 20.8. The van der Waals surface area contributed by atoms with Crippen molar-refractivity contribution >= 4 is 39.9 Å². The number of aromatic nitrogens is 2. The first-order valence-corrected chi connectivity index (χ1v) is 7.36. The van der Waals surface area contributed by atoms with Crippen molar-refractivity contribution in [2.75, 3.05) is 19.0 Å². The van der Waals surface area contributed by atoms with E-state index in [1.807, 2.05) is 24.3 Å². The van der Waals surface area contributed by atoms with E-state index in [0.717, 1.165) is 5.39 Å². The monoisotopic (exact) mass is 327 g/mol. The van der Waals surface area contributed by atoms with Gasteiger partial charge in [-0.3, -0.25) is 4.79 Å². The molecule has 6 heteroatoms. The molecule has 0 fully saturated rings. The first-order chi connectivity index (χ1) is 11.2. The molecule has 0 atom stereocenters. The van der Waals surface area contributed by atoms with E-state index in [4.69, 9.17) is 16.3 Å². The molecule has 0 saturated carbocycles. The molecule has 0 radical (unpaired) electrons. The summed E-state index contributed by atoms with van der Waals surface area (Å²) < 4.78 is 4.90. The minimum absolute atomic E-state index is 0.00263. The number of nitrogens with zero attached hydrogens (tertiary/aromatic N) is 2. The van der Waals surface area contributed by atoms with Crippen LogP contribution in [-0.2, 0) is 4.74 Å². The van der Waals surface area contributed by atoms with Gasteiger partial charge in [0.25, 0.3) is 0 Å². The van der Waals surface area contributed by atoms with Crippen LogP contribution in [0.1, 0.15) is 10.4 Å². The summed E-state index contributed by atoms with van der Waals surface area (Å²) in [6.07, 6.45) is 1.61. The predicted octanol–water partition coefficient (Wildman–Crippen LogP) is 3.86. The minimum Gasteiger partial charge on any atom is -0.377 e. The predicted molar refractivity (Wildman–Crippen MR) is 90.5 cm³/mol. The number of hydrogen-bond acceptors (Lipinski definition) is 5. The number of ether oxygens (including phenoxy) is 1. The van der Waals surface area contributed by atoms with E-state index in [9.17, 15) is 4.79 Å². The largest absolute Gasteiger partial charge is 0.377 e. The summed E-state index contributed by atoms with van der Waals surface area (Å²) in [7, 11) is 1.48. The van der Waals surface area contributed by atoms with Gasteiger partial charge in [0, 0.05) is 18.7 Å². The topological polar surface area (TPSA) is 64.1 Å². The molecule has 0 amide bonds. The third-order valence-corrected chi connectivity index (χ3v) is 3.61. The first kappa shape index (κ1) is 15.4. The van der Waals surface area contributed by atoms with Gasteiger partial charge in [-0.15, -0.1) is 0 Å². The Morgan fingerprint density at radius 1 is 1.22 bits per heavy atom. The zero-order valence-corrected chi connectivity index (χ0v) is 13.2. The maximum Gasteiger partial charge on any atom is 0.192 e. The standard InChI is InChI=1S/C17H14ClN3O2/c1-23-10-14(22)12-5-3-9-19-17(12)21-15-8-7-11-4-2-6-13(18)16(11)20-15/h2-9H,10H2,1H3,(H,19,20,21). The van der Waals surface area contributed by atoms with Gasteiger partial charge in [0.15, 0.2) is 5.78 Å². The molecule has 0 aliphatic rings. The number of ketones is 1. The van der Waals surface area contributed by atoms with Crippen molar-refractivity contribution in [1.29, 1.82) is 0 Å². The number of anilines is 2. The Morgan fingerprint density at radius 2 is 2.09 bits per heavy atom. The molecule has 1 aromatic carbocycles. The van der Waals surface area contributed by atoms with Crippen LogP contribution in [-0.4, -0.2) is 29.5 Å². The van der Waals surface area contributed by atoms with Crippen LogP contribution in [0.2, 0.25) is 5.02 Å². The number of carbonyl (C=O) groups excluding carboxylic acids is 1. The fraction of sp³-hybridized carbons (Fsp3) is 0.118. The number of halogens is 1. The zero-order valence-electron chi connectivity index (χ0n) is 12.4. The molecule has 1 N–H and O–H groups in total. The smallest absolute Gasteiger partial charge is 0.192 e. The second-order valence-corrected chi connectivity index (χ2v) is 5.30. The van der Waals surface area contributed by atoms with Crippen molar-refractivity contribution in [3.05, 3.63) is 59.2 Å². The Morgan fingerprint density at radius 3 is 2.91 bits per heavy atom. The van der Waals surface area contributed by atoms with E-state index in [1.54, 1.807) is 24.4 Å². The lowest BCUT2D eigenvalue weighted by atomic mass is 10.1. The zero-order chi connectivity index (χ0) is 16.2. The van der Waals surface area contributed by atoms with Gasteiger partial charge in [0.1, 0.15) is 18.2 Å². The number of para-hydroxylation sites is 1. The second kappa shape index (κ2) is 6.73. The third-order valence-electron chi connectivity index (χ3n) is 3.30. The van der Waals surface area contributed by atoms with Crippen LogP contribution >= 0.6 is 11.6 Å². The molecular formula is C17H14ClN3O2. The molecule has 3 aromatic rings. The molecule has 0 aliphatic heterocycles. The van der Waals surface area contributed by atoms with Crippen molar-refractivity contribution in [2.45, 2.75) is 0 Å². The van der Waals surface area contributed by atoms with E-state index in [1.165, 1.54) is 7.11 Å². The minimum atomic E-state index is -0.151. The van der Waals surface area contributed by atoms with Crippen molar-refractivity contribution in [1.82, 2.24) is 9.97 Å². The average Bonchev–Trinajstić information content (AvgIpc) is 2.56. The average molecular weight is 328 g/mol. The lowest BCUT2D eigenvalue weighted by molar-refractivity contribution is 0.0848. The Bertz CT molecular complexity index is 867. The first-order valence-electron chi connectivity index (χ1n) is 6.98. The fourth-order valence-electron chi connectivity index (χ4n) is 2.24. The molecule has 5 nitrogen and oxygen atoms in total. The number of benzene rings is 1. The number of hydrogen-bond donors (Lipinski definition) is 1. The number of rotatable bonds is 5. The van der Waals surface area contributed by atoms with Crippen LogP contribution in [0, 0.1) is 0 Å². The van der Waals surface area contributed by atoms with Gasteiger partial charge in [-0.25, -0.2) is 9.97 Å². The number of methoxy groups -OCH3 is 1. The quantitative estimate of drug-likeness (QED) is 0.721. The van der Waals surface area contributed by atoms with Crippen LogP contribution in [0.15, 0.2) is 48.7 Å². The molecule has 0 bridgehead atoms. The molecule has 3 rings (SSSR count). The van der Waals surface area contributed by atoms with Gasteiger partial charge in [-0.05, 0) is 30.3 Å². The second-order valence-electron chi connectivity index (χ2n) is 4.89. The number of pyridine rings is 2. The van der Waals surface area contributed by atoms with Gasteiger partial charge < -0.3 is 10.1 Å². The normalized spacial score (nSPS) is 10.7. The van der Waals surface area contributed by atoms with Gasteiger partial charge in [-0.1, -0.05) is 23.7 Å². The molecule has 0 unspecified atom stereocenters. The maximum atomic E-state index is 12.1. The van der Waals surface area contributed by atoms with E-state index in [0.29, 0.717) is 27.7 Å². The van der Waals surface area contributed by atoms with Gasteiger partial charge in [0.05, 0.1) is 16.1 Å². The number of Topliss-reactive ketones (excluding diaryl/α,β-unsaturated/α-hetero) is 1. The van der Waals surface area contributed by atoms with E-state index in [-0.39, 0.29) is 12.4 Å². The molecule has 116 valence electrons. The van der Waals surface area contributed by atoms with Crippen LogP contribution in [0.25, 0.3) is 10.9 Å². The molecule has 23 heavy (non-hydrogen) atoms. The highest BCUT2D eigenvalue weighted by atomic mass is 35.5. The fourth-order valence-corrected chi connectivity index (χ4v) is 2.46. The number of fused-ring (bicyclic) bond motifs is 1. The summed E-state index contributed by atoms with van der Waals surface area (Å²) in [5.74, 6) is 0.853. The summed E-state index contributed by atoms with van der Waals surface area (Å²) in [6.45, 7) is -0.00263. The Kier molecular flexibility index (Phi) is 4.50. The van der Waals surface area contributed by atoms with Crippen molar-refractivity contribution in [3.8, 4) is 0 Å². The highest BCUT2D eigenvalue weighted by Crippen LogP contribution is 2.25. The summed E-state index contributed by atoms with van der Waals surface area (Å²) in [5.41, 5.74) is 1.15. The van der Waals surface area contributed by atoms with Crippen LogP contribution < -0.4 is 5.32 Å². The lowest BCUT2D eigenvalue weighted by Crippen LogP contribution is -2.11. The Hall–Kier alpha value is -2.50. The van der Waals surface area contributed by atoms with Crippen molar-refractivity contribution in [2.24, 2.45) is 0 Å². The molecule has 0 saturated heterocycles. The highest BCUT2D eigenvalue weighted by molar-refractivity contribution is 6.35. The third kappa shape index (κ3) is 3.31. The van der Waals surface area contributed by atoms with E-state index in [2.05, 4.69) is 15.3 Å². The molecule has 0 spiro atoms. The molecule has 0 aliphatic carbocycles. The highest BCUT2D eigenvalue weighted by Gasteiger charge is 2.13. The van der Waals surface area contributed by atoms with Crippen molar-refractivity contribution < 1.29 is 9.53 Å². The van der Waals surface area contributed by atoms with E-state index < -0.39 is 0 Å². The lowest BCUT2D eigenvalue weighted by Gasteiger charge is -2.10. The Labute approximate surface area is 138 Å². The van der Waals surface area contributed by atoms with Crippen LogP contribution in [0.3, 0.4) is 0 Å². The Balaban J connectivity index is 1.96. The maximum absolute atomic E-state index is 12.1. The summed E-state index contributed by atoms with van der Waals surface area (Å²) in [5, 5.41) is 4.59. The van der Waals surface area contributed by atoms with E-state index >= 15 is 0 Å². The van der Waals surface area contributed by atoms with Crippen molar-refractivity contribution in [3.63, 3.8) is 0 Å². The molecular weight excluding hydrogens is 314 g/mol. The van der Waals surface area contributed by atoms with Crippen LogP contribution in [0.4, 0.5) is 11.6 Å². The number of nitrogens with one attached hydrogen (secondary N) is 1. The number of carbonyl (C=O) groups is 1. The summed E-state index contributed by atoms with van der Waals surface area (Å²) >= 11 is 6.18. The molecule has 2 aromatic heterocycles.